The van der Waals surface area contributed by atoms with Crippen molar-refractivity contribution in [3.05, 3.63) is 70.3 Å². The van der Waals surface area contributed by atoms with Crippen LogP contribution in [0.25, 0.3) is 0 Å². The minimum atomic E-state index is -0.346. The molecule has 2 aromatic carbocycles. The zero-order valence-electron chi connectivity index (χ0n) is 10.5. The van der Waals surface area contributed by atoms with E-state index in [2.05, 4.69) is 36.4 Å². The lowest BCUT2D eigenvalue weighted by Crippen LogP contribution is -2.01. The number of benzene rings is 2. The molecule has 0 spiro atoms. The van der Waals surface area contributed by atoms with Gasteiger partial charge in [0.2, 0.25) is 0 Å². The number of hydrogen-bond acceptors (Lipinski definition) is 0. The second-order valence-corrected chi connectivity index (χ2v) is 5.05. The van der Waals surface area contributed by atoms with Crippen molar-refractivity contribution in [1.29, 1.82) is 0 Å². The normalized spacial score (nSPS) is 14.3. The number of rotatable bonds is 1. The first-order valence-corrected chi connectivity index (χ1v) is 6.59. The van der Waals surface area contributed by atoms with Gasteiger partial charge in [-0.1, -0.05) is 42.5 Å². The number of alkyl halides is 1. The molecule has 0 amide bonds. The van der Waals surface area contributed by atoms with Crippen molar-refractivity contribution in [1.82, 2.24) is 0 Å². The molecule has 0 atom stereocenters. The van der Waals surface area contributed by atoms with E-state index in [0.717, 1.165) is 36.8 Å². The van der Waals surface area contributed by atoms with Crippen molar-refractivity contribution in [3.63, 3.8) is 0 Å². The van der Waals surface area contributed by atoms with E-state index in [1.807, 2.05) is 6.07 Å². The lowest BCUT2D eigenvalue weighted by atomic mass is 9.94. The van der Waals surface area contributed by atoms with Crippen LogP contribution < -0.4 is 0 Å². The fourth-order valence-electron chi connectivity index (χ4n) is 2.64. The van der Waals surface area contributed by atoms with Gasteiger partial charge in [-0.3, -0.25) is 0 Å². The van der Waals surface area contributed by atoms with E-state index in [9.17, 15) is 4.39 Å². The summed E-state index contributed by atoms with van der Waals surface area (Å²) in [5.74, 6) is 0. The maximum atomic E-state index is 13.1. The van der Waals surface area contributed by atoms with Crippen LogP contribution in [-0.2, 0) is 32.4 Å². The van der Waals surface area contributed by atoms with Crippen LogP contribution in [0, 0.1) is 0 Å². The predicted molar refractivity (Wildman–Crippen MR) is 72.5 cm³/mol. The molecule has 6 rings (SSSR count). The van der Waals surface area contributed by atoms with E-state index in [1.54, 1.807) is 0 Å². The van der Waals surface area contributed by atoms with Gasteiger partial charge in [0.1, 0.15) is 6.67 Å². The van der Waals surface area contributed by atoms with E-state index in [1.165, 1.54) is 16.7 Å². The highest BCUT2D eigenvalue weighted by atomic mass is 19.1. The summed E-state index contributed by atoms with van der Waals surface area (Å²) in [5.41, 5.74) is 5.99. The number of hydrogen-bond donors (Lipinski definition) is 0. The summed E-state index contributed by atoms with van der Waals surface area (Å²) in [5, 5.41) is 0. The zero-order chi connectivity index (χ0) is 12.4. The molecule has 92 valence electrons. The maximum Gasteiger partial charge on any atom is 0.115 e. The lowest BCUT2D eigenvalue weighted by molar-refractivity contribution is 0.482. The zero-order valence-corrected chi connectivity index (χ0v) is 10.5. The van der Waals surface area contributed by atoms with Gasteiger partial charge >= 0.3 is 0 Å². The first kappa shape index (κ1) is 11.5. The van der Waals surface area contributed by atoms with Gasteiger partial charge in [0.25, 0.3) is 0 Å². The Hall–Kier alpha value is -1.63. The second-order valence-electron chi connectivity index (χ2n) is 5.05. The van der Waals surface area contributed by atoms with E-state index in [-0.39, 0.29) is 6.67 Å². The molecule has 0 aromatic heterocycles. The molecule has 0 heterocycles. The van der Waals surface area contributed by atoms with Crippen LogP contribution in [0.2, 0.25) is 0 Å². The summed E-state index contributed by atoms with van der Waals surface area (Å²) in [6.45, 7) is -0.346. The maximum absolute atomic E-state index is 13.1. The molecular formula is C17H17F. The predicted octanol–water partition coefficient (Wildman–Crippen LogP) is 4.04. The Bertz CT molecular complexity index is 540. The minimum Gasteiger partial charge on any atom is -0.246 e. The van der Waals surface area contributed by atoms with Crippen molar-refractivity contribution >= 4 is 0 Å². The Labute approximate surface area is 107 Å². The van der Waals surface area contributed by atoms with Gasteiger partial charge in [0.05, 0.1) is 0 Å². The van der Waals surface area contributed by atoms with Crippen LogP contribution in [0.1, 0.15) is 27.8 Å². The van der Waals surface area contributed by atoms with Crippen LogP contribution in [0.3, 0.4) is 0 Å². The van der Waals surface area contributed by atoms with Crippen molar-refractivity contribution in [2.24, 2.45) is 0 Å². The molecule has 2 aromatic rings. The van der Waals surface area contributed by atoms with Crippen molar-refractivity contribution < 1.29 is 4.39 Å². The SMILES string of the molecule is FCc1cc2ccc1CCc1ccc(cc1)CC2. The monoisotopic (exact) mass is 240 g/mol. The van der Waals surface area contributed by atoms with Gasteiger partial charge in [-0.2, -0.15) is 0 Å². The quantitative estimate of drug-likeness (QED) is 0.705. The third-order valence-electron chi connectivity index (χ3n) is 3.82. The fraction of sp³-hybridized carbons (Fsp3) is 0.294. The van der Waals surface area contributed by atoms with Gasteiger partial charge < -0.3 is 0 Å². The van der Waals surface area contributed by atoms with Gasteiger partial charge in [0, 0.05) is 0 Å². The molecule has 4 aliphatic rings. The first-order valence-electron chi connectivity index (χ1n) is 6.59. The van der Waals surface area contributed by atoms with E-state index in [0.29, 0.717) is 0 Å². The molecule has 0 saturated heterocycles. The van der Waals surface area contributed by atoms with E-state index >= 15 is 0 Å². The van der Waals surface area contributed by atoms with Crippen molar-refractivity contribution in [3.8, 4) is 0 Å². The van der Waals surface area contributed by atoms with Gasteiger partial charge in [-0.25, -0.2) is 4.39 Å². The third-order valence-corrected chi connectivity index (χ3v) is 3.82. The topological polar surface area (TPSA) is 0 Å². The minimum absolute atomic E-state index is 0.346. The average molecular weight is 240 g/mol. The van der Waals surface area contributed by atoms with Crippen LogP contribution in [0.4, 0.5) is 4.39 Å². The van der Waals surface area contributed by atoms with E-state index < -0.39 is 0 Å². The Balaban J connectivity index is 2.00. The molecule has 4 aliphatic carbocycles. The highest BCUT2D eigenvalue weighted by molar-refractivity contribution is 5.34. The van der Waals surface area contributed by atoms with Crippen molar-refractivity contribution in [2.45, 2.75) is 32.4 Å². The number of halogens is 1. The highest BCUT2D eigenvalue weighted by Gasteiger charge is 2.07. The average Bonchev–Trinajstić information content (AvgIpc) is 2.41. The van der Waals surface area contributed by atoms with E-state index in [4.69, 9.17) is 0 Å². The van der Waals surface area contributed by atoms with Crippen LogP contribution >= 0.6 is 0 Å². The molecule has 0 fully saturated rings. The van der Waals surface area contributed by atoms with Crippen LogP contribution in [-0.4, -0.2) is 0 Å². The Kier molecular flexibility index (Phi) is 3.14. The van der Waals surface area contributed by atoms with Crippen LogP contribution in [0.5, 0.6) is 0 Å². The Morgan fingerprint density at radius 2 is 1.28 bits per heavy atom. The summed E-state index contributed by atoms with van der Waals surface area (Å²) in [6, 6.07) is 15.2. The summed E-state index contributed by atoms with van der Waals surface area (Å²) in [4.78, 5) is 0. The molecule has 4 bridgehead atoms. The molecule has 0 aliphatic heterocycles. The Morgan fingerprint density at radius 3 is 1.94 bits per heavy atom. The highest BCUT2D eigenvalue weighted by Crippen LogP contribution is 2.19. The molecular weight excluding hydrogens is 223 g/mol. The second kappa shape index (κ2) is 4.93. The van der Waals surface area contributed by atoms with Crippen LogP contribution in [0.15, 0.2) is 42.5 Å². The molecule has 0 unspecified atom stereocenters. The molecule has 18 heavy (non-hydrogen) atoms. The van der Waals surface area contributed by atoms with Gasteiger partial charge in [0.15, 0.2) is 0 Å². The summed E-state index contributed by atoms with van der Waals surface area (Å²) in [6.07, 6.45) is 3.95. The molecule has 1 heteroatoms. The molecule has 0 nitrogen and oxygen atoms in total. The lowest BCUT2D eigenvalue weighted by Gasteiger charge is -2.12. The smallest absolute Gasteiger partial charge is 0.115 e. The van der Waals surface area contributed by atoms with Crippen molar-refractivity contribution in [2.75, 3.05) is 0 Å². The van der Waals surface area contributed by atoms with Gasteiger partial charge in [-0.05, 0) is 53.5 Å². The summed E-state index contributed by atoms with van der Waals surface area (Å²) in [7, 11) is 0. The largest absolute Gasteiger partial charge is 0.246 e. The molecule has 0 radical (unpaired) electrons. The fourth-order valence-corrected chi connectivity index (χ4v) is 2.64. The summed E-state index contributed by atoms with van der Waals surface area (Å²) >= 11 is 0. The standard InChI is InChI=1S/C17H17F/c18-12-17-11-15-6-5-13-1-3-14(4-2-13)7-9-16(17)10-8-15/h1-4,8,10-11H,5-7,9,12H2. The third kappa shape index (κ3) is 2.31. The Morgan fingerprint density at radius 1 is 0.722 bits per heavy atom. The molecule has 0 N–H and O–H groups in total. The number of aryl methyl sites for hydroxylation is 4. The molecule has 0 saturated carbocycles. The summed E-state index contributed by atoms with van der Waals surface area (Å²) < 4.78 is 13.1. The van der Waals surface area contributed by atoms with Gasteiger partial charge in [-0.15, -0.1) is 0 Å². The first-order chi connectivity index (χ1) is 8.85.